The van der Waals surface area contributed by atoms with Gasteiger partial charge in [-0.1, -0.05) is 18.2 Å². The lowest BCUT2D eigenvalue weighted by molar-refractivity contribution is 0.0699. The number of hydrogen-bond acceptors (Lipinski definition) is 2. The number of nitrogens with zero attached hydrogens (tertiary/aromatic N) is 1. The van der Waals surface area contributed by atoms with E-state index in [1.807, 2.05) is 25.1 Å². The number of aryl methyl sites for hydroxylation is 1. The molecule has 2 heteroatoms. The van der Waals surface area contributed by atoms with Gasteiger partial charge >= 0.3 is 0 Å². The SMILES string of the molecule is CC1(CC#N)CCc2ccccc2O1. The van der Waals surface area contributed by atoms with Crippen molar-refractivity contribution in [1.29, 1.82) is 5.26 Å². The van der Waals surface area contributed by atoms with Crippen LogP contribution in [0.25, 0.3) is 0 Å². The van der Waals surface area contributed by atoms with Crippen LogP contribution in [0.2, 0.25) is 0 Å². The van der Waals surface area contributed by atoms with Crippen LogP contribution in [0.5, 0.6) is 5.75 Å². The topological polar surface area (TPSA) is 33.0 Å². The molecule has 0 amide bonds. The van der Waals surface area contributed by atoms with Crippen molar-refractivity contribution in [1.82, 2.24) is 0 Å². The first-order valence-electron chi connectivity index (χ1n) is 4.87. The third kappa shape index (κ3) is 1.58. The van der Waals surface area contributed by atoms with E-state index in [9.17, 15) is 0 Å². The minimum Gasteiger partial charge on any atom is -0.486 e. The largest absolute Gasteiger partial charge is 0.486 e. The molecule has 0 saturated heterocycles. The zero-order valence-corrected chi connectivity index (χ0v) is 8.29. The molecule has 0 saturated carbocycles. The van der Waals surface area contributed by atoms with Crippen molar-refractivity contribution in [2.75, 3.05) is 0 Å². The Morgan fingerprint density at radius 1 is 1.50 bits per heavy atom. The first-order chi connectivity index (χ1) is 6.73. The van der Waals surface area contributed by atoms with Gasteiger partial charge in [0.15, 0.2) is 0 Å². The van der Waals surface area contributed by atoms with Gasteiger partial charge in [-0.3, -0.25) is 0 Å². The summed E-state index contributed by atoms with van der Waals surface area (Å²) in [7, 11) is 0. The smallest absolute Gasteiger partial charge is 0.123 e. The van der Waals surface area contributed by atoms with Gasteiger partial charge in [0.1, 0.15) is 11.4 Å². The molecule has 1 atom stereocenters. The molecule has 1 aromatic carbocycles. The van der Waals surface area contributed by atoms with E-state index in [0.29, 0.717) is 6.42 Å². The first-order valence-corrected chi connectivity index (χ1v) is 4.87. The van der Waals surface area contributed by atoms with Gasteiger partial charge in [0.05, 0.1) is 12.5 Å². The molecule has 0 bridgehead atoms. The molecular weight excluding hydrogens is 174 g/mol. The van der Waals surface area contributed by atoms with E-state index in [0.717, 1.165) is 18.6 Å². The minimum absolute atomic E-state index is 0.289. The van der Waals surface area contributed by atoms with E-state index in [4.69, 9.17) is 10.00 Å². The maximum atomic E-state index is 8.70. The summed E-state index contributed by atoms with van der Waals surface area (Å²) in [5.41, 5.74) is 0.964. The molecule has 1 heterocycles. The fourth-order valence-electron chi connectivity index (χ4n) is 1.82. The molecule has 0 fully saturated rings. The number of fused-ring (bicyclic) bond motifs is 1. The van der Waals surface area contributed by atoms with Crippen LogP contribution in [-0.4, -0.2) is 5.60 Å². The zero-order chi connectivity index (χ0) is 10.0. The highest BCUT2D eigenvalue weighted by Gasteiger charge is 2.30. The number of benzene rings is 1. The van der Waals surface area contributed by atoms with Gasteiger partial charge < -0.3 is 4.74 Å². The van der Waals surface area contributed by atoms with Crippen LogP contribution in [0.4, 0.5) is 0 Å². The van der Waals surface area contributed by atoms with Gasteiger partial charge in [-0.05, 0) is 31.4 Å². The van der Waals surface area contributed by atoms with Crippen molar-refractivity contribution < 1.29 is 4.74 Å². The van der Waals surface area contributed by atoms with Crippen LogP contribution in [0.15, 0.2) is 24.3 Å². The predicted octanol–water partition coefficient (Wildman–Crippen LogP) is 2.68. The maximum Gasteiger partial charge on any atom is 0.123 e. The summed E-state index contributed by atoms with van der Waals surface area (Å²) >= 11 is 0. The number of hydrogen-bond donors (Lipinski definition) is 0. The minimum atomic E-state index is -0.289. The van der Waals surface area contributed by atoms with E-state index >= 15 is 0 Å². The third-order valence-electron chi connectivity index (χ3n) is 2.71. The van der Waals surface area contributed by atoms with E-state index in [-0.39, 0.29) is 5.60 Å². The van der Waals surface area contributed by atoms with Crippen molar-refractivity contribution in [3.05, 3.63) is 29.8 Å². The fraction of sp³-hybridized carbons (Fsp3) is 0.417. The Morgan fingerprint density at radius 3 is 3.07 bits per heavy atom. The highest BCUT2D eigenvalue weighted by Crippen LogP contribution is 2.34. The Morgan fingerprint density at radius 2 is 2.29 bits per heavy atom. The molecule has 0 aromatic heterocycles. The van der Waals surface area contributed by atoms with Crippen molar-refractivity contribution >= 4 is 0 Å². The van der Waals surface area contributed by atoms with Crippen LogP contribution in [0.3, 0.4) is 0 Å². The van der Waals surface area contributed by atoms with E-state index in [1.54, 1.807) is 0 Å². The molecule has 0 N–H and O–H groups in total. The molecule has 0 aliphatic carbocycles. The van der Waals surface area contributed by atoms with Crippen LogP contribution < -0.4 is 4.74 Å². The summed E-state index contributed by atoms with van der Waals surface area (Å²) in [5, 5.41) is 8.70. The molecular formula is C12H13NO. The Labute approximate surface area is 84.1 Å². The van der Waals surface area contributed by atoms with E-state index in [2.05, 4.69) is 12.1 Å². The fourth-order valence-corrected chi connectivity index (χ4v) is 1.82. The van der Waals surface area contributed by atoms with Crippen LogP contribution in [0, 0.1) is 11.3 Å². The number of ether oxygens (including phenoxy) is 1. The molecule has 1 aliphatic heterocycles. The molecule has 1 aromatic rings. The van der Waals surface area contributed by atoms with Crippen molar-refractivity contribution in [2.45, 2.75) is 31.8 Å². The van der Waals surface area contributed by atoms with Crippen molar-refractivity contribution in [2.24, 2.45) is 0 Å². The lowest BCUT2D eigenvalue weighted by Crippen LogP contribution is -2.35. The normalized spacial score (nSPS) is 24.6. The summed E-state index contributed by atoms with van der Waals surface area (Å²) in [5.74, 6) is 0.941. The average molecular weight is 187 g/mol. The predicted molar refractivity (Wildman–Crippen MR) is 54.0 cm³/mol. The van der Waals surface area contributed by atoms with E-state index < -0.39 is 0 Å². The Kier molecular flexibility index (Phi) is 2.17. The molecule has 1 aliphatic rings. The van der Waals surface area contributed by atoms with E-state index in [1.165, 1.54) is 5.56 Å². The molecule has 1 unspecified atom stereocenters. The average Bonchev–Trinajstić information content (AvgIpc) is 2.17. The Bertz CT molecular complexity index is 380. The standard InChI is InChI=1S/C12H13NO/c1-12(8-9-13)7-6-10-4-2-3-5-11(10)14-12/h2-5H,6-8H2,1H3. The van der Waals surface area contributed by atoms with Crippen LogP contribution >= 0.6 is 0 Å². The first kappa shape index (κ1) is 9.08. The van der Waals surface area contributed by atoms with Crippen molar-refractivity contribution in [3.8, 4) is 11.8 Å². The molecule has 2 rings (SSSR count). The third-order valence-corrected chi connectivity index (χ3v) is 2.71. The molecule has 2 nitrogen and oxygen atoms in total. The van der Waals surface area contributed by atoms with Gasteiger partial charge in [0, 0.05) is 0 Å². The molecule has 0 spiro atoms. The summed E-state index contributed by atoms with van der Waals surface area (Å²) in [6.07, 6.45) is 2.40. The Balaban J connectivity index is 2.25. The number of nitriles is 1. The molecule has 72 valence electrons. The van der Waals surface area contributed by atoms with Crippen LogP contribution in [-0.2, 0) is 6.42 Å². The number of para-hydroxylation sites is 1. The quantitative estimate of drug-likeness (QED) is 0.677. The van der Waals surface area contributed by atoms with Gasteiger partial charge in [-0.15, -0.1) is 0 Å². The second kappa shape index (κ2) is 3.34. The van der Waals surface area contributed by atoms with Gasteiger partial charge in [-0.2, -0.15) is 5.26 Å². The summed E-state index contributed by atoms with van der Waals surface area (Å²) in [6.45, 7) is 2.01. The molecule has 14 heavy (non-hydrogen) atoms. The summed E-state index contributed by atoms with van der Waals surface area (Å²) in [6, 6.07) is 10.2. The monoisotopic (exact) mass is 187 g/mol. The maximum absolute atomic E-state index is 8.70. The number of rotatable bonds is 1. The van der Waals surface area contributed by atoms with Crippen LogP contribution in [0.1, 0.15) is 25.3 Å². The second-order valence-corrected chi connectivity index (χ2v) is 3.99. The zero-order valence-electron chi connectivity index (χ0n) is 8.29. The summed E-state index contributed by atoms with van der Waals surface area (Å²) in [4.78, 5) is 0. The highest BCUT2D eigenvalue weighted by molar-refractivity contribution is 5.36. The lowest BCUT2D eigenvalue weighted by atomic mass is 9.90. The molecule has 0 radical (unpaired) electrons. The van der Waals surface area contributed by atoms with Gasteiger partial charge in [-0.25, -0.2) is 0 Å². The van der Waals surface area contributed by atoms with Gasteiger partial charge in [0.25, 0.3) is 0 Å². The summed E-state index contributed by atoms with van der Waals surface area (Å²) < 4.78 is 5.84. The second-order valence-electron chi connectivity index (χ2n) is 3.99. The lowest BCUT2D eigenvalue weighted by Gasteiger charge is -2.33. The van der Waals surface area contributed by atoms with Gasteiger partial charge in [0.2, 0.25) is 0 Å². The Hall–Kier alpha value is -1.49. The van der Waals surface area contributed by atoms with Crippen molar-refractivity contribution in [3.63, 3.8) is 0 Å². The highest BCUT2D eigenvalue weighted by atomic mass is 16.5.